The first kappa shape index (κ1) is 36.8. The molecule has 2 N–H and O–H groups in total. The molecule has 2 bridgehead atoms. The molecule has 5 aromatic heterocycles. The number of aromatic nitrogens is 10. The van der Waals surface area contributed by atoms with E-state index in [-0.39, 0.29) is 22.5 Å². The Balaban J connectivity index is 0.000000626. The maximum absolute atomic E-state index is 13.8. The molecule has 53 heavy (non-hydrogen) atoms. The minimum atomic E-state index is -5.08. The highest BCUT2D eigenvalue weighted by Gasteiger charge is 2.38. The van der Waals surface area contributed by atoms with Crippen LogP contribution in [0.2, 0.25) is 10.2 Å². The number of nitrogens with one attached hydrogen (secondary N) is 1. The third-order valence-corrected chi connectivity index (χ3v) is 8.51. The number of anilines is 1. The molecule has 20 heteroatoms. The van der Waals surface area contributed by atoms with Gasteiger partial charge in [-0.15, -0.1) is 5.10 Å². The molecule has 1 aliphatic heterocycles. The summed E-state index contributed by atoms with van der Waals surface area (Å²) >= 11 is 12.4. The van der Waals surface area contributed by atoms with Crippen molar-refractivity contribution in [1.82, 2.24) is 49.3 Å². The highest BCUT2D eigenvalue weighted by atomic mass is 35.5. The smallest absolute Gasteiger partial charge is 0.475 e. The predicted octanol–water partition coefficient (Wildman–Crippen LogP) is 5.82. The summed E-state index contributed by atoms with van der Waals surface area (Å²) in [6.07, 6.45) is 7.94. The number of amides is 1. The van der Waals surface area contributed by atoms with E-state index in [0.717, 1.165) is 5.56 Å². The van der Waals surface area contributed by atoms with Gasteiger partial charge in [-0.1, -0.05) is 41.8 Å². The standard InChI is InChI=1S/C31H25Cl2N11O2.C2HF3O2/c1-18-3-2-4-27(42-17-37-23(11-29(42)45)22-10-20(32)5-6-26(22)44-15-28(33)39-41-44)24-9-19(7-8-36-24)30-25(38-31(18)46)14-43(40-30)21-12-34-16-35-13-21;3-2(4,5)1(6)7/h5-18,27H,2-4H2,1H3,(H,38,46);(H,6,7)/t18-,27+;/m1./s1. The molecule has 0 saturated heterocycles. The third-order valence-electron chi connectivity index (χ3n) is 8.10. The van der Waals surface area contributed by atoms with E-state index in [2.05, 4.69) is 35.6 Å². The predicted molar refractivity (Wildman–Crippen MR) is 185 cm³/mol. The molecule has 1 aliphatic rings. The van der Waals surface area contributed by atoms with Crippen LogP contribution in [0, 0.1) is 5.92 Å². The number of benzene rings is 1. The lowest BCUT2D eigenvalue weighted by Crippen LogP contribution is -2.27. The Morgan fingerprint density at radius 1 is 1.00 bits per heavy atom. The van der Waals surface area contributed by atoms with E-state index in [1.165, 1.54) is 23.4 Å². The van der Waals surface area contributed by atoms with Gasteiger partial charge < -0.3 is 10.4 Å². The first-order valence-corrected chi connectivity index (χ1v) is 16.4. The van der Waals surface area contributed by atoms with Crippen molar-refractivity contribution in [2.75, 3.05) is 5.32 Å². The number of carboxylic acid groups (broad SMARTS) is 1. The number of nitrogens with zero attached hydrogens (tertiary/aromatic N) is 10. The van der Waals surface area contributed by atoms with E-state index >= 15 is 0 Å². The maximum Gasteiger partial charge on any atom is 0.490 e. The molecule has 6 heterocycles. The van der Waals surface area contributed by atoms with Crippen LogP contribution in [0.15, 0.2) is 84.8 Å². The average Bonchev–Trinajstić information content (AvgIpc) is 3.76. The van der Waals surface area contributed by atoms with Gasteiger partial charge in [-0.25, -0.2) is 29.1 Å². The van der Waals surface area contributed by atoms with Gasteiger partial charge in [0.2, 0.25) is 5.91 Å². The zero-order valence-corrected chi connectivity index (χ0v) is 28.8. The molecule has 1 aromatic carbocycles. The molecule has 0 unspecified atom stereocenters. The van der Waals surface area contributed by atoms with Gasteiger partial charge in [0.25, 0.3) is 5.56 Å². The van der Waals surface area contributed by atoms with Gasteiger partial charge in [0.05, 0.1) is 59.9 Å². The van der Waals surface area contributed by atoms with Gasteiger partial charge in [0.1, 0.15) is 17.7 Å². The summed E-state index contributed by atoms with van der Waals surface area (Å²) in [6.45, 7) is 1.89. The van der Waals surface area contributed by atoms with E-state index in [0.29, 0.717) is 64.0 Å². The molecule has 6 aromatic rings. The second kappa shape index (κ2) is 15.3. The number of aliphatic carboxylic acids is 1. The first-order chi connectivity index (χ1) is 25.3. The van der Waals surface area contributed by atoms with Crippen molar-refractivity contribution in [1.29, 1.82) is 0 Å². The summed E-state index contributed by atoms with van der Waals surface area (Å²) in [5.74, 6) is -3.16. The van der Waals surface area contributed by atoms with Crippen LogP contribution in [-0.4, -0.2) is 72.4 Å². The highest BCUT2D eigenvalue weighted by molar-refractivity contribution is 6.31. The second-order valence-electron chi connectivity index (χ2n) is 11.7. The van der Waals surface area contributed by atoms with Crippen LogP contribution in [0.1, 0.15) is 37.9 Å². The van der Waals surface area contributed by atoms with Crippen molar-refractivity contribution in [3.05, 3.63) is 106 Å². The average molecular weight is 769 g/mol. The summed E-state index contributed by atoms with van der Waals surface area (Å²) in [5, 5.41) is 23.5. The fraction of sp³-hybridized carbons (Fsp3) is 0.212. The second-order valence-corrected chi connectivity index (χ2v) is 12.5. The summed E-state index contributed by atoms with van der Waals surface area (Å²) in [7, 11) is 0. The first-order valence-electron chi connectivity index (χ1n) is 15.7. The van der Waals surface area contributed by atoms with Crippen LogP contribution >= 0.6 is 23.2 Å². The number of fused-ring (bicyclic) bond motifs is 4. The Bertz CT molecular complexity index is 2350. The molecule has 272 valence electrons. The van der Waals surface area contributed by atoms with E-state index in [4.69, 9.17) is 38.2 Å². The van der Waals surface area contributed by atoms with Gasteiger partial charge in [0, 0.05) is 34.3 Å². The Labute approximate surface area is 307 Å². The zero-order chi connectivity index (χ0) is 37.9. The number of hydrogen-bond acceptors (Lipinski definition) is 10. The molecule has 0 spiro atoms. The minimum absolute atomic E-state index is 0.120. The SMILES string of the molecule is C[C@@H]1CCC[C@H](n2cnc(-c3cc(Cl)ccc3-n3cc(Cl)nn3)cc2=O)c2cc(ccn2)-c2nn(-c3cncnc3)cc2NC1=O.O=C(O)C(F)(F)F. The van der Waals surface area contributed by atoms with E-state index in [1.54, 1.807) is 58.4 Å². The number of hydrogen-bond donors (Lipinski definition) is 2. The number of rotatable bonds is 4. The van der Waals surface area contributed by atoms with Gasteiger partial charge in [0.15, 0.2) is 5.15 Å². The van der Waals surface area contributed by atoms with Gasteiger partial charge >= 0.3 is 12.1 Å². The third kappa shape index (κ3) is 8.39. The highest BCUT2D eigenvalue weighted by Crippen LogP contribution is 2.33. The number of carbonyl (C=O) groups excluding carboxylic acids is 1. The molecular formula is C33H26Cl2F3N11O4. The summed E-state index contributed by atoms with van der Waals surface area (Å²) in [5.41, 5.74) is 4.45. The number of halogens is 5. The molecule has 7 rings (SSSR count). The summed E-state index contributed by atoms with van der Waals surface area (Å²) in [4.78, 5) is 53.5. The monoisotopic (exact) mass is 767 g/mol. The fourth-order valence-corrected chi connectivity index (χ4v) is 5.80. The topological polar surface area (TPSA) is 188 Å². The van der Waals surface area contributed by atoms with Crippen LogP contribution in [0.5, 0.6) is 0 Å². The molecule has 1 amide bonds. The lowest BCUT2D eigenvalue weighted by atomic mass is 9.97. The molecule has 15 nitrogen and oxygen atoms in total. The Hall–Kier alpha value is -6.01. The molecule has 2 atom stereocenters. The number of pyridine rings is 1. The molecule has 0 fully saturated rings. The number of alkyl halides is 3. The van der Waals surface area contributed by atoms with Crippen molar-refractivity contribution < 1.29 is 27.9 Å². The lowest BCUT2D eigenvalue weighted by molar-refractivity contribution is -0.192. The van der Waals surface area contributed by atoms with Gasteiger partial charge in [-0.2, -0.15) is 18.3 Å². The molecule has 0 saturated carbocycles. The van der Waals surface area contributed by atoms with Crippen LogP contribution in [0.3, 0.4) is 0 Å². The maximum atomic E-state index is 13.8. The van der Waals surface area contributed by atoms with Gasteiger partial charge in [-0.3, -0.25) is 19.1 Å². The van der Waals surface area contributed by atoms with Gasteiger partial charge in [-0.05, 0) is 43.2 Å². The normalized spacial score (nSPS) is 15.9. The van der Waals surface area contributed by atoms with Crippen LogP contribution in [0.4, 0.5) is 18.9 Å². The van der Waals surface area contributed by atoms with E-state index in [1.807, 2.05) is 19.1 Å². The lowest BCUT2D eigenvalue weighted by Gasteiger charge is -2.22. The van der Waals surface area contributed by atoms with Crippen LogP contribution in [0.25, 0.3) is 33.9 Å². The van der Waals surface area contributed by atoms with E-state index in [9.17, 15) is 22.8 Å². The minimum Gasteiger partial charge on any atom is -0.475 e. The van der Waals surface area contributed by atoms with Crippen molar-refractivity contribution in [2.45, 2.75) is 38.4 Å². The Kier molecular flexibility index (Phi) is 10.6. The molecule has 0 aliphatic carbocycles. The van der Waals surface area contributed by atoms with Crippen molar-refractivity contribution in [3.63, 3.8) is 0 Å². The fourth-order valence-electron chi connectivity index (χ4n) is 5.50. The Morgan fingerprint density at radius 3 is 2.43 bits per heavy atom. The number of carbonyl (C=O) groups is 2. The molecule has 0 radical (unpaired) electrons. The van der Waals surface area contributed by atoms with Crippen molar-refractivity contribution in [3.8, 4) is 33.9 Å². The number of carboxylic acids is 1. The van der Waals surface area contributed by atoms with E-state index < -0.39 is 18.2 Å². The van der Waals surface area contributed by atoms with Crippen molar-refractivity contribution in [2.24, 2.45) is 5.92 Å². The van der Waals surface area contributed by atoms with Crippen LogP contribution in [-0.2, 0) is 9.59 Å². The summed E-state index contributed by atoms with van der Waals surface area (Å²) in [6, 6.07) is 9.91. The Morgan fingerprint density at radius 2 is 1.75 bits per heavy atom. The molecular weight excluding hydrogens is 742 g/mol. The van der Waals surface area contributed by atoms with Crippen molar-refractivity contribution >= 4 is 40.8 Å². The summed E-state index contributed by atoms with van der Waals surface area (Å²) < 4.78 is 36.4. The largest absolute Gasteiger partial charge is 0.490 e. The van der Waals surface area contributed by atoms with Crippen LogP contribution < -0.4 is 10.9 Å². The zero-order valence-electron chi connectivity index (χ0n) is 27.3. The quantitative estimate of drug-likeness (QED) is 0.220.